The number of amides is 1. The van der Waals surface area contributed by atoms with Crippen molar-refractivity contribution in [3.63, 3.8) is 0 Å². The Balaban J connectivity index is 1.97. The largest absolute Gasteiger partial charge is 0.508 e. The highest BCUT2D eigenvalue weighted by Gasteiger charge is 2.32. The first-order valence-electron chi connectivity index (χ1n) is 7.36. The van der Waals surface area contributed by atoms with E-state index in [9.17, 15) is 18.3 Å². The minimum absolute atomic E-state index is 0.000849. The summed E-state index contributed by atoms with van der Waals surface area (Å²) in [6.45, 7) is 6.06. The van der Waals surface area contributed by atoms with Gasteiger partial charge in [0.05, 0.1) is 4.90 Å². The summed E-state index contributed by atoms with van der Waals surface area (Å²) in [7, 11) is -3.68. The monoisotopic (exact) mass is 342 g/mol. The molecule has 1 unspecified atom stereocenters. The quantitative estimate of drug-likeness (QED) is 0.871. The second-order valence-electron chi connectivity index (χ2n) is 6.53. The Labute approximate surface area is 136 Å². The number of carbonyl (C=O) groups is 1. The van der Waals surface area contributed by atoms with E-state index in [0.717, 1.165) is 0 Å². The molecule has 0 bridgehead atoms. The molecular weight excluding hydrogens is 320 g/mol. The predicted molar refractivity (Wildman–Crippen MR) is 84.6 cm³/mol. The highest BCUT2D eigenvalue weighted by atomic mass is 32.2. The van der Waals surface area contributed by atoms with E-state index in [1.807, 2.05) is 0 Å². The molecule has 1 atom stereocenters. The predicted octanol–water partition coefficient (Wildman–Crippen LogP) is 1.68. The molecule has 1 heterocycles. The van der Waals surface area contributed by atoms with E-state index >= 15 is 0 Å². The van der Waals surface area contributed by atoms with Gasteiger partial charge in [-0.3, -0.25) is 0 Å². The SMILES string of the molecule is CC(C)(C)OC(=O)N1CCC(NS(=O)(=O)c2ccc(O)cc2)C1. The van der Waals surface area contributed by atoms with Gasteiger partial charge in [-0.2, -0.15) is 0 Å². The number of phenols is 1. The highest BCUT2D eigenvalue weighted by Crippen LogP contribution is 2.18. The number of phenolic OH excluding ortho intramolecular Hbond substituents is 1. The third-order valence-electron chi connectivity index (χ3n) is 3.31. The van der Waals surface area contributed by atoms with E-state index in [1.54, 1.807) is 20.8 Å². The first kappa shape index (κ1) is 17.6. The van der Waals surface area contributed by atoms with Crippen LogP contribution in [0.3, 0.4) is 0 Å². The number of rotatable bonds is 3. The Hall–Kier alpha value is -1.80. The Morgan fingerprint density at radius 2 is 1.91 bits per heavy atom. The summed E-state index contributed by atoms with van der Waals surface area (Å²) in [5.41, 5.74) is -0.583. The average Bonchev–Trinajstić information content (AvgIpc) is 2.85. The first-order valence-corrected chi connectivity index (χ1v) is 8.84. The van der Waals surface area contributed by atoms with Crippen molar-refractivity contribution >= 4 is 16.1 Å². The molecule has 7 nitrogen and oxygen atoms in total. The Bertz CT molecular complexity index is 664. The van der Waals surface area contributed by atoms with Crippen LogP contribution in [-0.2, 0) is 14.8 Å². The maximum atomic E-state index is 12.3. The van der Waals surface area contributed by atoms with Crippen LogP contribution in [-0.4, -0.2) is 49.2 Å². The van der Waals surface area contributed by atoms with Crippen molar-refractivity contribution < 1.29 is 23.1 Å². The van der Waals surface area contributed by atoms with E-state index in [-0.39, 0.29) is 23.2 Å². The molecule has 0 saturated carbocycles. The summed E-state index contributed by atoms with van der Waals surface area (Å²) in [6.07, 6.45) is 0.0835. The van der Waals surface area contributed by atoms with Gasteiger partial charge < -0.3 is 14.7 Å². The van der Waals surface area contributed by atoms with Gasteiger partial charge in [0.2, 0.25) is 10.0 Å². The molecule has 8 heteroatoms. The van der Waals surface area contributed by atoms with E-state index in [0.29, 0.717) is 13.0 Å². The third-order valence-corrected chi connectivity index (χ3v) is 4.85. The molecule has 0 radical (unpaired) electrons. The van der Waals surface area contributed by atoms with Crippen molar-refractivity contribution in [3.8, 4) is 5.75 Å². The number of hydrogen-bond acceptors (Lipinski definition) is 5. The van der Waals surface area contributed by atoms with Gasteiger partial charge in [0.15, 0.2) is 0 Å². The summed E-state index contributed by atoms with van der Waals surface area (Å²) in [6, 6.07) is 4.93. The number of nitrogens with zero attached hydrogens (tertiary/aromatic N) is 1. The van der Waals surface area contributed by atoms with Crippen molar-refractivity contribution in [2.45, 2.75) is 43.7 Å². The number of hydrogen-bond donors (Lipinski definition) is 2. The van der Waals surface area contributed by atoms with Crippen molar-refractivity contribution in [1.82, 2.24) is 9.62 Å². The normalized spacial score (nSPS) is 18.9. The van der Waals surface area contributed by atoms with Gasteiger partial charge in [-0.25, -0.2) is 17.9 Å². The van der Waals surface area contributed by atoms with Crippen LogP contribution in [0.1, 0.15) is 27.2 Å². The summed E-state index contributed by atoms with van der Waals surface area (Å²) in [5, 5.41) is 9.22. The molecule has 1 aromatic rings. The number of aromatic hydroxyl groups is 1. The molecule has 1 aliphatic heterocycles. The maximum Gasteiger partial charge on any atom is 0.410 e. The molecule has 1 saturated heterocycles. The van der Waals surface area contributed by atoms with E-state index in [2.05, 4.69) is 4.72 Å². The van der Waals surface area contributed by atoms with Gasteiger partial charge in [-0.15, -0.1) is 0 Å². The summed E-state index contributed by atoms with van der Waals surface area (Å²) >= 11 is 0. The smallest absolute Gasteiger partial charge is 0.410 e. The van der Waals surface area contributed by atoms with Gasteiger partial charge in [0.1, 0.15) is 11.4 Å². The second kappa shape index (κ2) is 6.37. The van der Waals surface area contributed by atoms with Crippen molar-refractivity contribution in [3.05, 3.63) is 24.3 Å². The van der Waals surface area contributed by atoms with Crippen LogP contribution >= 0.6 is 0 Å². The molecule has 128 valence electrons. The van der Waals surface area contributed by atoms with E-state index in [4.69, 9.17) is 4.74 Å². The van der Waals surface area contributed by atoms with Crippen LogP contribution in [0.25, 0.3) is 0 Å². The van der Waals surface area contributed by atoms with Crippen LogP contribution in [0.5, 0.6) is 5.75 Å². The highest BCUT2D eigenvalue weighted by molar-refractivity contribution is 7.89. The maximum absolute atomic E-state index is 12.3. The van der Waals surface area contributed by atoms with Gasteiger partial charge in [0, 0.05) is 19.1 Å². The Kier molecular flexibility index (Phi) is 4.86. The molecule has 1 aromatic carbocycles. The summed E-state index contributed by atoms with van der Waals surface area (Å²) in [4.78, 5) is 13.5. The molecule has 1 amide bonds. The number of nitrogens with one attached hydrogen (secondary N) is 1. The fourth-order valence-electron chi connectivity index (χ4n) is 2.26. The lowest BCUT2D eigenvalue weighted by Gasteiger charge is -2.24. The second-order valence-corrected chi connectivity index (χ2v) is 8.24. The van der Waals surface area contributed by atoms with Crippen LogP contribution in [0.4, 0.5) is 4.79 Å². The van der Waals surface area contributed by atoms with E-state index in [1.165, 1.54) is 29.2 Å². The number of benzene rings is 1. The Morgan fingerprint density at radius 1 is 1.30 bits per heavy atom. The minimum Gasteiger partial charge on any atom is -0.508 e. The van der Waals surface area contributed by atoms with E-state index < -0.39 is 21.7 Å². The van der Waals surface area contributed by atoms with Gasteiger partial charge >= 0.3 is 6.09 Å². The van der Waals surface area contributed by atoms with Crippen molar-refractivity contribution in [2.75, 3.05) is 13.1 Å². The number of sulfonamides is 1. The molecule has 0 aromatic heterocycles. The van der Waals surface area contributed by atoms with Gasteiger partial charge in [-0.05, 0) is 51.5 Å². The molecule has 0 aliphatic carbocycles. The molecule has 2 rings (SSSR count). The van der Waals surface area contributed by atoms with Crippen LogP contribution in [0.15, 0.2) is 29.2 Å². The minimum atomic E-state index is -3.68. The fraction of sp³-hybridized carbons (Fsp3) is 0.533. The molecule has 1 aliphatic rings. The number of likely N-dealkylation sites (tertiary alicyclic amines) is 1. The lowest BCUT2D eigenvalue weighted by molar-refractivity contribution is 0.0292. The van der Waals surface area contributed by atoms with Gasteiger partial charge in [-0.1, -0.05) is 0 Å². The van der Waals surface area contributed by atoms with Crippen molar-refractivity contribution in [1.29, 1.82) is 0 Å². The third kappa shape index (κ3) is 4.84. The fourth-order valence-corrected chi connectivity index (χ4v) is 3.52. The molecule has 2 N–H and O–H groups in total. The zero-order chi connectivity index (χ0) is 17.3. The first-order chi connectivity index (χ1) is 10.6. The van der Waals surface area contributed by atoms with Crippen LogP contribution in [0.2, 0.25) is 0 Å². The summed E-state index contributed by atoms with van der Waals surface area (Å²) < 4.78 is 32.4. The zero-order valence-electron chi connectivity index (χ0n) is 13.4. The molecule has 23 heavy (non-hydrogen) atoms. The van der Waals surface area contributed by atoms with Gasteiger partial charge in [0.25, 0.3) is 0 Å². The molecule has 1 fully saturated rings. The Morgan fingerprint density at radius 3 is 2.48 bits per heavy atom. The van der Waals surface area contributed by atoms with Crippen LogP contribution in [0, 0.1) is 0 Å². The zero-order valence-corrected chi connectivity index (χ0v) is 14.3. The number of ether oxygens (including phenoxy) is 1. The lowest BCUT2D eigenvalue weighted by atomic mass is 10.2. The van der Waals surface area contributed by atoms with Crippen LogP contribution < -0.4 is 4.72 Å². The average molecular weight is 342 g/mol. The number of carbonyl (C=O) groups excluding carboxylic acids is 1. The lowest BCUT2D eigenvalue weighted by Crippen LogP contribution is -2.40. The molecule has 0 spiro atoms. The molecular formula is C15H22N2O5S. The summed E-state index contributed by atoms with van der Waals surface area (Å²) in [5.74, 6) is 0.000849. The topological polar surface area (TPSA) is 95.9 Å². The van der Waals surface area contributed by atoms with Crippen molar-refractivity contribution in [2.24, 2.45) is 0 Å². The standard InChI is InChI=1S/C15H22N2O5S/c1-15(2,3)22-14(19)17-9-8-11(10-17)16-23(20,21)13-6-4-12(18)5-7-13/h4-7,11,16,18H,8-10H2,1-3H3.